The maximum Gasteiger partial charge on any atom is 0.257 e. The molecule has 3 rings (SSSR count). The number of rotatable bonds is 8. The second kappa shape index (κ2) is 8.96. The predicted octanol–water partition coefficient (Wildman–Crippen LogP) is 3.61. The summed E-state index contributed by atoms with van der Waals surface area (Å²) in [5.74, 6) is 0.418. The van der Waals surface area contributed by atoms with Crippen molar-refractivity contribution in [3.8, 4) is 5.75 Å². The number of hydrogen-bond acceptors (Lipinski definition) is 5. The molecular weight excluding hydrogens is 390 g/mol. The lowest BCUT2D eigenvalue weighted by molar-refractivity contribution is -0.123. The summed E-state index contributed by atoms with van der Waals surface area (Å²) in [5.41, 5.74) is 1.88. The van der Waals surface area contributed by atoms with E-state index in [1.54, 1.807) is 54.6 Å². The Labute approximate surface area is 170 Å². The van der Waals surface area contributed by atoms with Crippen LogP contribution in [0.15, 0.2) is 76.2 Å². The number of nitrogens with one attached hydrogen (secondary N) is 1. The van der Waals surface area contributed by atoms with Crippen LogP contribution in [0.3, 0.4) is 0 Å². The maximum absolute atomic E-state index is 13.2. The molecule has 7 heteroatoms. The molecule has 29 heavy (non-hydrogen) atoms. The summed E-state index contributed by atoms with van der Waals surface area (Å²) < 4.78 is 37.2. The van der Waals surface area contributed by atoms with Gasteiger partial charge in [-0.1, -0.05) is 24.3 Å². The van der Waals surface area contributed by atoms with E-state index in [-0.39, 0.29) is 23.8 Å². The molecule has 6 nitrogen and oxygen atoms in total. The molecule has 0 saturated carbocycles. The lowest BCUT2D eigenvalue weighted by Crippen LogP contribution is -2.34. The van der Waals surface area contributed by atoms with Crippen LogP contribution >= 0.6 is 0 Å². The van der Waals surface area contributed by atoms with Gasteiger partial charge >= 0.3 is 0 Å². The largest absolute Gasteiger partial charge is 0.484 e. The second-order valence-electron chi connectivity index (χ2n) is 6.70. The Hall–Kier alpha value is -3.06. The van der Waals surface area contributed by atoms with E-state index in [2.05, 4.69) is 5.32 Å². The summed E-state index contributed by atoms with van der Waals surface area (Å²) in [4.78, 5) is 12.4. The molecule has 0 bridgehead atoms. The molecule has 1 amide bonds. The molecule has 1 aromatic heterocycles. The SMILES string of the molecule is Cc1ccc(S(=O)(=O)[C@H](CNC(=O)COc2ccccc2)c2ccco2)cc1C. The van der Waals surface area contributed by atoms with Crippen molar-refractivity contribution in [2.45, 2.75) is 24.0 Å². The van der Waals surface area contributed by atoms with Crippen LogP contribution < -0.4 is 10.1 Å². The van der Waals surface area contributed by atoms with E-state index in [0.29, 0.717) is 5.75 Å². The Morgan fingerprint density at radius 3 is 2.45 bits per heavy atom. The number of hydrogen-bond donors (Lipinski definition) is 1. The number of sulfone groups is 1. The fourth-order valence-corrected chi connectivity index (χ4v) is 4.49. The minimum atomic E-state index is -3.78. The first kappa shape index (κ1) is 20.7. The van der Waals surface area contributed by atoms with Gasteiger partial charge in [0.25, 0.3) is 5.91 Å². The average molecular weight is 413 g/mol. The molecule has 0 fully saturated rings. The van der Waals surface area contributed by atoms with Gasteiger partial charge in [-0.3, -0.25) is 4.79 Å². The number of amides is 1. The predicted molar refractivity (Wildman–Crippen MR) is 109 cm³/mol. The van der Waals surface area contributed by atoms with Gasteiger partial charge in [-0.15, -0.1) is 0 Å². The number of furan rings is 1. The smallest absolute Gasteiger partial charge is 0.257 e. The highest BCUT2D eigenvalue weighted by molar-refractivity contribution is 7.91. The number of aryl methyl sites for hydroxylation is 2. The molecule has 0 aliphatic carbocycles. The fraction of sp³-hybridized carbons (Fsp3) is 0.227. The summed E-state index contributed by atoms with van der Waals surface area (Å²) in [5, 5.41) is 1.60. The Morgan fingerprint density at radius 2 is 1.79 bits per heavy atom. The van der Waals surface area contributed by atoms with Crippen molar-refractivity contribution in [3.05, 3.63) is 83.8 Å². The minimum Gasteiger partial charge on any atom is -0.484 e. The number of carbonyl (C=O) groups excluding carboxylic acids is 1. The molecular formula is C22H23NO5S. The lowest BCUT2D eigenvalue weighted by atomic mass is 10.1. The number of carbonyl (C=O) groups is 1. The fourth-order valence-electron chi connectivity index (χ4n) is 2.82. The highest BCUT2D eigenvalue weighted by Gasteiger charge is 2.32. The van der Waals surface area contributed by atoms with Gasteiger partial charge in [0.2, 0.25) is 0 Å². The molecule has 2 aromatic carbocycles. The summed E-state index contributed by atoms with van der Waals surface area (Å²) in [7, 11) is -3.78. The highest BCUT2D eigenvalue weighted by atomic mass is 32.2. The minimum absolute atomic E-state index is 0.125. The van der Waals surface area contributed by atoms with E-state index in [1.165, 1.54) is 6.26 Å². The first-order valence-electron chi connectivity index (χ1n) is 9.17. The quantitative estimate of drug-likeness (QED) is 0.610. The van der Waals surface area contributed by atoms with Crippen LogP contribution in [0.5, 0.6) is 5.75 Å². The summed E-state index contributed by atoms with van der Waals surface area (Å²) in [6.45, 7) is 3.44. The van der Waals surface area contributed by atoms with Crippen LogP contribution in [0.1, 0.15) is 22.1 Å². The highest BCUT2D eigenvalue weighted by Crippen LogP contribution is 2.30. The van der Waals surface area contributed by atoms with Crippen LogP contribution in [-0.2, 0) is 14.6 Å². The van der Waals surface area contributed by atoms with Gasteiger partial charge in [-0.05, 0) is 61.4 Å². The van der Waals surface area contributed by atoms with Gasteiger partial charge in [-0.25, -0.2) is 8.42 Å². The molecule has 3 aromatic rings. The second-order valence-corrected chi connectivity index (χ2v) is 8.83. The standard InChI is InChI=1S/C22H23NO5S/c1-16-10-11-19(13-17(16)2)29(25,26)21(20-9-6-12-27-20)14-23-22(24)15-28-18-7-4-3-5-8-18/h3-13,21H,14-15H2,1-2H3,(H,23,24)/t21-/m1/s1. The number of ether oxygens (including phenoxy) is 1. The van der Waals surface area contributed by atoms with Crippen LogP contribution in [0.4, 0.5) is 0 Å². The van der Waals surface area contributed by atoms with Crippen molar-refractivity contribution in [2.24, 2.45) is 0 Å². The zero-order valence-corrected chi connectivity index (χ0v) is 17.1. The van der Waals surface area contributed by atoms with Crippen LogP contribution in [-0.4, -0.2) is 27.5 Å². The lowest BCUT2D eigenvalue weighted by Gasteiger charge is -2.17. The Bertz CT molecular complexity index is 1060. The third kappa shape index (κ3) is 5.06. The van der Waals surface area contributed by atoms with Gasteiger partial charge in [0, 0.05) is 6.54 Å². The monoisotopic (exact) mass is 413 g/mol. The van der Waals surface area contributed by atoms with Gasteiger partial charge in [0.05, 0.1) is 11.2 Å². The zero-order valence-electron chi connectivity index (χ0n) is 16.3. The van der Waals surface area contributed by atoms with Crippen molar-refractivity contribution in [1.29, 1.82) is 0 Å². The molecule has 0 aliphatic rings. The molecule has 1 heterocycles. The summed E-state index contributed by atoms with van der Waals surface area (Å²) in [6.07, 6.45) is 1.42. The van der Waals surface area contributed by atoms with Crippen molar-refractivity contribution in [3.63, 3.8) is 0 Å². The van der Waals surface area contributed by atoms with E-state index in [9.17, 15) is 13.2 Å². The van der Waals surface area contributed by atoms with Gasteiger partial charge in [-0.2, -0.15) is 0 Å². The molecule has 0 spiro atoms. The summed E-state index contributed by atoms with van der Waals surface area (Å²) >= 11 is 0. The molecule has 0 saturated heterocycles. The number of benzene rings is 2. The molecule has 1 atom stereocenters. The number of para-hydroxylation sites is 1. The normalized spacial score (nSPS) is 12.3. The molecule has 0 unspecified atom stereocenters. The van der Waals surface area contributed by atoms with Crippen LogP contribution in [0, 0.1) is 13.8 Å². The van der Waals surface area contributed by atoms with E-state index in [1.807, 2.05) is 19.9 Å². The van der Waals surface area contributed by atoms with Crippen LogP contribution in [0.2, 0.25) is 0 Å². The molecule has 1 N–H and O–H groups in total. The van der Waals surface area contributed by atoms with Crippen molar-refractivity contribution >= 4 is 15.7 Å². The van der Waals surface area contributed by atoms with Gasteiger partial charge < -0.3 is 14.5 Å². The van der Waals surface area contributed by atoms with Crippen molar-refractivity contribution in [2.75, 3.05) is 13.2 Å². The maximum atomic E-state index is 13.2. The first-order chi connectivity index (χ1) is 13.9. The third-order valence-corrected chi connectivity index (χ3v) is 6.70. The van der Waals surface area contributed by atoms with E-state index in [4.69, 9.17) is 9.15 Å². The third-order valence-electron chi connectivity index (χ3n) is 4.64. The Balaban J connectivity index is 1.74. The molecule has 0 aliphatic heterocycles. The zero-order chi connectivity index (χ0) is 20.9. The molecule has 152 valence electrons. The average Bonchev–Trinajstić information content (AvgIpc) is 3.23. The Morgan fingerprint density at radius 1 is 1.03 bits per heavy atom. The van der Waals surface area contributed by atoms with E-state index < -0.39 is 21.0 Å². The van der Waals surface area contributed by atoms with Crippen molar-refractivity contribution < 1.29 is 22.4 Å². The first-order valence-corrected chi connectivity index (χ1v) is 10.7. The van der Waals surface area contributed by atoms with Gasteiger partial charge in [0.1, 0.15) is 16.8 Å². The molecule has 0 radical (unpaired) electrons. The van der Waals surface area contributed by atoms with Crippen molar-refractivity contribution in [1.82, 2.24) is 5.32 Å². The van der Waals surface area contributed by atoms with Gasteiger partial charge in [0.15, 0.2) is 16.4 Å². The Kier molecular flexibility index (Phi) is 6.39. The summed E-state index contributed by atoms with van der Waals surface area (Å²) in [6, 6.07) is 17.1. The van der Waals surface area contributed by atoms with Crippen LogP contribution in [0.25, 0.3) is 0 Å². The van der Waals surface area contributed by atoms with E-state index in [0.717, 1.165) is 11.1 Å². The topological polar surface area (TPSA) is 85.6 Å². The van der Waals surface area contributed by atoms with E-state index >= 15 is 0 Å².